The lowest BCUT2D eigenvalue weighted by atomic mass is 10.1. The van der Waals surface area contributed by atoms with Crippen LogP contribution in [0.4, 0.5) is 0 Å². The minimum Gasteiger partial charge on any atom is -0.478 e. The van der Waals surface area contributed by atoms with Crippen molar-refractivity contribution in [1.29, 1.82) is 0 Å². The molecule has 0 amide bonds. The van der Waals surface area contributed by atoms with Gasteiger partial charge in [-0.15, -0.1) is 0 Å². The molecule has 21 heavy (non-hydrogen) atoms. The summed E-state index contributed by atoms with van der Waals surface area (Å²) in [6.45, 7) is 3.77. The van der Waals surface area contributed by atoms with Crippen molar-refractivity contribution in [3.8, 4) is 0 Å². The molecule has 4 heteroatoms. The van der Waals surface area contributed by atoms with E-state index in [2.05, 4.69) is 16.8 Å². The summed E-state index contributed by atoms with van der Waals surface area (Å²) in [5, 5.41) is 13.8. The van der Waals surface area contributed by atoms with E-state index in [1.165, 1.54) is 31.4 Å². The Morgan fingerprint density at radius 3 is 2.81 bits per heavy atom. The van der Waals surface area contributed by atoms with Crippen molar-refractivity contribution in [2.75, 3.05) is 0 Å². The smallest absolute Gasteiger partial charge is 0.336 e. The summed E-state index contributed by atoms with van der Waals surface area (Å²) >= 11 is 0. The third-order valence-electron chi connectivity index (χ3n) is 4.51. The zero-order valence-corrected chi connectivity index (χ0v) is 12.4. The lowest BCUT2D eigenvalue weighted by Crippen LogP contribution is -2.26. The molecule has 1 aliphatic carbocycles. The third kappa shape index (κ3) is 2.68. The van der Waals surface area contributed by atoms with E-state index in [9.17, 15) is 9.90 Å². The first-order valence-electron chi connectivity index (χ1n) is 7.78. The van der Waals surface area contributed by atoms with Gasteiger partial charge in [0.25, 0.3) is 0 Å². The van der Waals surface area contributed by atoms with Gasteiger partial charge >= 0.3 is 5.97 Å². The first kappa shape index (κ1) is 14.1. The summed E-state index contributed by atoms with van der Waals surface area (Å²) in [4.78, 5) is 11.4. The molecule has 0 radical (unpaired) electrons. The quantitative estimate of drug-likeness (QED) is 0.886. The molecule has 112 valence electrons. The number of hydrogen-bond acceptors (Lipinski definition) is 2. The molecule has 0 spiro atoms. The van der Waals surface area contributed by atoms with Gasteiger partial charge in [-0.3, -0.25) is 0 Å². The van der Waals surface area contributed by atoms with E-state index >= 15 is 0 Å². The van der Waals surface area contributed by atoms with E-state index in [1.807, 2.05) is 18.2 Å². The van der Waals surface area contributed by atoms with Gasteiger partial charge in [0.2, 0.25) is 0 Å². The summed E-state index contributed by atoms with van der Waals surface area (Å²) < 4.78 is 2.21. The highest BCUT2D eigenvalue weighted by molar-refractivity contribution is 6.03. The second-order valence-corrected chi connectivity index (χ2v) is 5.79. The van der Waals surface area contributed by atoms with Crippen molar-refractivity contribution in [1.82, 2.24) is 9.88 Å². The molecular weight excluding hydrogens is 264 g/mol. The van der Waals surface area contributed by atoms with Crippen molar-refractivity contribution in [3.63, 3.8) is 0 Å². The number of nitrogens with one attached hydrogen (secondary N) is 1. The number of benzene rings is 1. The molecule has 0 saturated heterocycles. The molecule has 2 N–H and O–H groups in total. The number of carbonyl (C=O) groups is 1. The first-order valence-corrected chi connectivity index (χ1v) is 7.78. The van der Waals surface area contributed by atoms with Crippen LogP contribution in [0.5, 0.6) is 0 Å². The topological polar surface area (TPSA) is 54.3 Å². The Morgan fingerprint density at radius 1 is 1.38 bits per heavy atom. The lowest BCUT2D eigenvalue weighted by Gasteiger charge is -2.13. The van der Waals surface area contributed by atoms with Crippen molar-refractivity contribution < 1.29 is 9.90 Å². The maximum absolute atomic E-state index is 11.4. The Kier molecular flexibility index (Phi) is 3.97. The fourth-order valence-corrected chi connectivity index (χ4v) is 3.42. The summed E-state index contributed by atoms with van der Waals surface area (Å²) in [5.74, 6) is -0.857. The number of hydrogen-bond donors (Lipinski definition) is 2. The highest BCUT2D eigenvalue weighted by atomic mass is 16.4. The van der Waals surface area contributed by atoms with E-state index in [0.717, 1.165) is 24.0 Å². The fourth-order valence-electron chi connectivity index (χ4n) is 3.42. The molecule has 0 atom stereocenters. The van der Waals surface area contributed by atoms with Crippen LogP contribution in [0.25, 0.3) is 10.9 Å². The molecule has 0 unspecified atom stereocenters. The van der Waals surface area contributed by atoms with Crippen LogP contribution < -0.4 is 5.32 Å². The molecule has 1 aromatic carbocycles. The Bertz CT molecular complexity index is 654. The zero-order chi connectivity index (χ0) is 14.8. The van der Waals surface area contributed by atoms with E-state index in [0.29, 0.717) is 11.6 Å². The van der Waals surface area contributed by atoms with Gasteiger partial charge in [0.1, 0.15) is 0 Å². The van der Waals surface area contributed by atoms with Gasteiger partial charge in [-0.05, 0) is 38.0 Å². The van der Waals surface area contributed by atoms with Crippen molar-refractivity contribution >= 4 is 16.9 Å². The second kappa shape index (κ2) is 5.90. The highest BCUT2D eigenvalue weighted by Gasteiger charge is 2.17. The average molecular weight is 286 g/mol. The molecule has 2 aromatic rings. The number of rotatable bonds is 5. The average Bonchev–Trinajstić information content (AvgIpc) is 3.11. The van der Waals surface area contributed by atoms with E-state index < -0.39 is 5.97 Å². The number of carboxylic acid groups (broad SMARTS) is 1. The van der Waals surface area contributed by atoms with Gasteiger partial charge in [0.05, 0.1) is 5.56 Å². The molecule has 3 rings (SSSR count). The van der Waals surface area contributed by atoms with Gasteiger partial charge in [-0.2, -0.15) is 0 Å². The van der Waals surface area contributed by atoms with Crippen LogP contribution in [0.3, 0.4) is 0 Å². The summed E-state index contributed by atoms with van der Waals surface area (Å²) in [6.07, 6.45) is 5.15. The van der Waals surface area contributed by atoms with E-state index in [1.54, 1.807) is 6.07 Å². The predicted molar refractivity (Wildman–Crippen MR) is 83.7 cm³/mol. The van der Waals surface area contributed by atoms with Crippen LogP contribution in [0.15, 0.2) is 24.3 Å². The summed E-state index contributed by atoms with van der Waals surface area (Å²) in [5.41, 5.74) is 2.58. The largest absolute Gasteiger partial charge is 0.478 e. The SMILES string of the molecule is CCn1c(CNC2CCCC2)cc2c(C(=O)O)cccc21. The van der Waals surface area contributed by atoms with E-state index in [4.69, 9.17) is 0 Å². The highest BCUT2D eigenvalue weighted by Crippen LogP contribution is 2.25. The van der Waals surface area contributed by atoms with Gasteiger partial charge < -0.3 is 15.0 Å². The number of aryl methyl sites for hydroxylation is 1. The first-order chi connectivity index (χ1) is 10.2. The molecule has 1 aliphatic rings. The fraction of sp³-hybridized carbons (Fsp3) is 0.471. The monoisotopic (exact) mass is 286 g/mol. The van der Waals surface area contributed by atoms with Crippen LogP contribution >= 0.6 is 0 Å². The van der Waals surface area contributed by atoms with Crippen molar-refractivity contribution in [3.05, 3.63) is 35.5 Å². The molecule has 0 aliphatic heterocycles. The molecule has 4 nitrogen and oxygen atoms in total. The van der Waals surface area contributed by atoms with Gasteiger partial charge in [-0.1, -0.05) is 18.9 Å². The second-order valence-electron chi connectivity index (χ2n) is 5.79. The number of fused-ring (bicyclic) bond motifs is 1. The molecule has 1 saturated carbocycles. The van der Waals surface area contributed by atoms with Crippen LogP contribution in [0, 0.1) is 0 Å². The van der Waals surface area contributed by atoms with Crippen LogP contribution in [-0.2, 0) is 13.1 Å². The summed E-state index contributed by atoms with van der Waals surface area (Å²) in [6, 6.07) is 8.16. The van der Waals surface area contributed by atoms with Crippen LogP contribution in [0.2, 0.25) is 0 Å². The van der Waals surface area contributed by atoms with Crippen molar-refractivity contribution in [2.45, 2.75) is 51.7 Å². The summed E-state index contributed by atoms with van der Waals surface area (Å²) in [7, 11) is 0. The normalized spacial score (nSPS) is 15.9. The maximum Gasteiger partial charge on any atom is 0.336 e. The number of aromatic carboxylic acids is 1. The van der Waals surface area contributed by atoms with Gasteiger partial charge in [0, 0.05) is 35.7 Å². The Balaban J connectivity index is 1.93. The minimum absolute atomic E-state index is 0.391. The minimum atomic E-state index is -0.857. The lowest BCUT2D eigenvalue weighted by molar-refractivity contribution is 0.0699. The van der Waals surface area contributed by atoms with Crippen molar-refractivity contribution in [2.24, 2.45) is 0 Å². The number of nitrogens with zero attached hydrogens (tertiary/aromatic N) is 1. The Morgan fingerprint density at radius 2 is 2.14 bits per heavy atom. The predicted octanol–water partition coefficient (Wildman–Crippen LogP) is 3.39. The van der Waals surface area contributed by atoms with Crippen LogP contribution in [0.1, 0.15) is 48.7 Å². The van der Waals surface area contributed by atoms with Gasteiger partial charge in [0.15, 0.2) is 0 Å². The molecule has 1 aromatic heterocycles. The molecule has 1 heterocycles. The van der Waals surface area contributed by atoms with Gasteiger partial charge in [-0.25, -0.2) is 4.79 Å². The maximum atomic E-state index is 11.4. The molecule has 1 fully saturated rings. The standard InChI is InChI=1S/C17H22N2O2/c1-2-19-13(11-18-12-6-3-4-7-12)10-15-14(17(20)21)8-5-9-16(15)19/h5,8-10,12,18H,2-4,6-7,11H2,1H3,(H,20,21). The molecular formula is C17H22N2O2. The van der Waals surface area contributed by atoms with Crippen LogP contribution in [-0.4, -0.2) is 21.7 Å². The van der Waals surface area contributed by atoms with E-state index in [-0.39, 0.29) is 0 Å². The zero-order valence-electron chi connectivity index (χ0n) is 12.4. The number of carboxylic acids is 1. The number of aromatic nitrogens is 1. The Hall–Kier alpha value is -1.81. The Labute approximate surface area is 124 Å². The molecule has 0 bridgehead atoms. The third-order valence-corrected chi connectivity index (χ3v) is 4.51.